The van der Waals surface area contributed by atoms with Crippen LogP contribution >= 0.6 is 0 Å². The Hall–Kier alpha value is -2.08. The second-order valence-electron chi connectivity index (χ2n) is 3.08. The van der Waals surface area contributed by atoms with Crippen molar-refractivity contribution in [2.75, 3.05) is 0 Å². The molecule has 14 heavy (non-hydrogen) atoms. The first kappa shape index (κ1) is 8.52. The highest BCUT2D eigenvalue weighted by atomic mass is 15.0. The molecule has 3 nitrogen and oxygen atoms in total. The van der Waals surface area contributed by atoms with Gasteiger partial charge in [0.15, 0.2) is 0 Å². The van der Waals surface area contributed by atoms with E-state index in [2.05, 4.69) is 11.1 Å². The Morgan fingerprint density at radius 3 is 2.93 bits per heavy atom. The predicted molar refractivity (Wildman–Crippen MR) is 53.0 cm³/mol. The van der Waals surface area contributed by atoms with Crippen LogP contribution in [-0.4, -0.2) is 9.55 Å². The number of rotatable bonds is 1. The first-order chi connectivity index (χ1) is 6.81. The first-order valence-corrected chi connectivity index (χ1v) is 4.30. The second kappa shape index (κ2) is 3.35. The Morgan fingerprint density at radius 1 is 1.43 bits per heavy atom. The molecule has 0 radical (unpaired) electrons. The van der Waals surface area contributed by atoms with Gasteiger partial charge in [-0.15, -0.1) is 0 Å². The molecule has 0 aliphatic carbocycles. The summed E-state index contributed by atoms with van der Waals surface area (Å²) < 4.78 is 1.90. The molecule has 0 spiro atoms. The van der Waals surface area contributed by atoms with E-state index in [0.717, 1.165) is 11.3 Å². The van der Waals surface area contributed by atoms with E-state index in [1.54, 1.807) is 12.5 Å². The number of aryl methyl sites for hydroxylation is 1. The van der Waals surface area contributed by atoms with Crippen molar-refractivity contribution < 1.29 is 0 Å². The lowest BCUT2D eigenvalue weighted by molar-refractivity contribution is 1.04. The van der Waals surface area contributed by atoms with Crippen LogP contribution in [0.3, 0.4) is 0 Å². The van der Waals surface area contributed by atoms with Gasteiger partial charge in [-0.25, -0.2) is 4.98 Å². The van der Waals surface area contributed by atoms with Crippen LogP contribution in [0.25, 0.3) is 5.69 Å². The Morgan fingerprint density at radius 2 is 2.29 bits per heavy atom. The Kier molecular flexibility index (Phi) is 2.04. The Balaban J connectivity index is 2.58. The number of imidazole rings is 1. The SMILES string of the molecule is Cc1ccc(C#N)cc1-n1ccnc1. The van der Waals surface area contributed by atoms with Gasteiger partial charge in [-0.3, -0.25) is 0 Å². The molecular formula is C11H9N3. The van der Waals surface area contributed by atoms with Crippen LogP contribution in [0.5, 0.6) is 0 Å². The second-order valence-corrected chi connectivity index (χ2v) is 3.08. The molecule has 0 fully saturated rings. The lowest BCUT2D eigenvalue weighted by atomic mass is 10.1. The van der Waals surface area contributed by atoms with E-state index >= 15 is 0 Å². The normalized spacial score (nSPS) is 9.71. The van der Waals surface area contributed by atoms with Gasteiger partial charge in [0, 0.05) is 12.4 Å². The smallest absolute Gasteiger partial charge is 0.0992 e. The number of hydrogen-bond donors (Lipinski definition) is 0. The maximum Gasteiger partial charge on any atom is 0.0992 e. The van der Waals surface area contributed by atoms with E-state index in [1.165, 1.54) is 0 Å². The minimum Gasteiger partial charge on any atom is -0.306 e. The fraction of sp³-hybridized carbons (Fsp3) is 0.0909. The zero-order chi connectivity index (χ0) is 9.97. The standard InChI is InChI=1S/C11H9N3/c1-9-2-3-10(7-12)6-11(9)14-5-4-13-8-14/h2-6,8H,1H3. The average molecular weight is 183 g/mol. The zero-order valence-electron chi connectivity index (χ0n) is 7.81. The molecule has 68 valence electrons. The maximum atomic E-state index is 8.78. The fourth-order valence-corrected chi connectivity index (χ4v) is 1.36. The van der Waals surface area contributed by atoms with Gasteiger partial charge in [-0.1, -0.05) is 6.07 Å². The van der Waals surface area contributed by atoms with Crippen molar-refractivity contribution >= 4 is 0 Å². The van der Waals surface area contributed by atoms with E-state index in [0.29, 0.717) is 5.56 Å². The van der Waals surface area contributed by atoms with Gasteiger partial charge in [0.25, 0.3) is 0 Å². The predicted octanol–water partition coefficient (Wildman–Crippen LogP) is 2.05. The van der Waals surface area contributed by atoms with E-state index in [1.807, 2.05) is 35.9 Å². The molecule has 0 N–H and O–H groups in total. The molecule has 0 saturated heterocycles. The first-order valence-electron chi connectivity index (χ1n) is 4.30. The Bertz CT molecular complexity index is 478. The van der Waals surface area contributed by atoms with E-state index in [4.69, 9.17) is 5.26 Å². The maximum absolute atomic E-state index is 8.78. The molecule has 0 unspecified atom stereocenters. The molecule has 0 atom stereocenters. The monoisotopic (exact) mass is 183 g/mol. The van der Waals surface area contributed by atoms with Crippen molar-refractivity contribution in [2.45, 2.75) is 6.92 Å². The number of nitriles is 1. The lowest BCUT2D eigenvalue weighted by Crippen LogP contribution is -1.94. The van der Waals surface area contributed by atoms with Gasteiger partial charge < -0.3 is 4.57 Å². The van der Waals surface area contributed by atoms with Crippen molar-refractivity contribution in [3.05, 3.63) is 48.0 Å². The van der Waals surface area contributed by atoms with Crippen molar-refractivity contribution in [1.29, 1.82) is 5.26 Å². The summed E-state index contributed by atoms with van der Waals surface area (Å²) in [6.45, 7) is 2.01. The Labute approximate surface area is 82.2 Å². The molecule has 1 heterocycles. The van der Waals surface area contributed by atoms with Crippen LogP contribution in [0, 0.1) is 18.3 Å². The summed E-state index contributed by atoms with van der Waals surface area (Å²) in [5.74, 6) is 0. The fourth-order valence-electron chi connectivity index (χ4n) is 1.36. The third-order valence-electron chi connectivity index (χ3n) is 2.12. The lowest BCUT2D eigenvalue weighted by Gasteiger charge is -2.05. The summed E-state index contributed by atoms with van der Waals surface area (Å²) >= 11 is 0. The summed E-state index contributed by atoms with van der Waals surface area (Å²) in [6.07, 6.45) is 5.31. The van der Waals surface area contributed by atoms with Gasteiger partial charge in [-0.2, -0.15) is 5.26 Å². The molecule has 3 heteroatoms. The number of hydrogen-bond acceptors (Lipinski definition) is 2. The minimum atomic E-state index is 0.666. The summed E-state index contributed by atoms with van der Waals surface area (Å²) in [4.78, 5) is 3.98. The van der Waals surface area contributed by atoms with Crippen LogP contribution in [0.2, 0.25) is 0 Å². The van der Waals surface area contributed by atoms with Crippen molar-refractivity contribution in [3.63, 3.8) is 0 Å². The zero-order valence-corrected chi connectivity index (χ0v) is 7.81. The third-order valence-corrected chi connectivity index (χ3v) is 2.12. The molecular weight excluding hydrogens is 174 g/mol. The topological polar surface area (TPSA) is 41.6 Å². The van der Waals surface area contributed by atoms with Crippen molar-refractivity contribution in [2.24, 2.45) is 0 Å². The molecule has 0 aliphatic rings. The molecule has 2 rings (SSSR count). The van der Waals surface area contributed by atoms with Crippen molar-refractivity contribution in [1.82, 2.24) is 9.55 Å². The molecule has 1 aromatic carbocycles. The highest BCUT2D eigenvalue weighted by Crippen LogP contribution is 2.15. The molecule has 1 aromatic heterocycles. The number of nitrogens with zero attached hydrogens (tertiary/aromatic N) is 3. The molecule has 0 bridgehead atoms. The minimum absolute atomic E-state index is 0.666. The summed E-state index contributed by atoms with van der Waals surface area (Å²) in [5, 5.41) is 8.78. The average Bonchev–Trinajstić information content (AvgIpc) is 2.71. The summed E-state index contributed by atoms with van der Waals surface area (Å²) in [5.41, 5.74) is 2.79. The van der Waals surface area contributed by atoms with Crippen LogP contribution in [0.1, 0.15) is 11.1 Å². The van der Waals surface area contributed by atoms with Crippen LogP contribution in [0.4, 0.5) is 0 Å². The highest BCUT2D eigenvalue weighted by Gasteiger charge is 2.01. The quantitative estimate of drug-likeness (QED) is 0.679. The molecule has 0 amide bonds. The van der Waals surface area contributed by atoms with Gasteiger partial charge in [0.2, 0.25) is 0 Å². The third kappa shape index (κ3) is 1.38. The summed E-state index contributed by atoms with van der Waals surface area (Å²) in [7, 11) is 0. The van der Waals surface area contributed by atoms with E-state index < -0.39 is 0 Å². The van der Waals surface area contributed by atoms with Crippen LogP contribution < -0.4 is 0 Å². The van der Waals surface area contributed by atoms with Crippen molar-refractivity contribution in [3.8, 4) is 11.8 Å². The van der Waals surface area contributed by atoms with Gasteiger partial charge in [0.1, 0.15) is 0 Å². The highest BCUT2D eigenvalue weighted by molar-refractivity contribution is 5.46. The summed E-state index contributed by atoms with van der Waals surface area (Å²) in [6, 6.07) is 7.73. The van der Waals surface area contributed by atoms with Crippen LogP contribution in [-0.2, 0) is 0 Å². The van der Waals surface area contributed by atoms with Gasteiger partial charge in [0.05, 0.1) is 23.6 Å². The number of benzene rings is 1. The molecule has 2 aromatic rings. The van der Waals surface area contributed by atoms with E-state index in [-0.39, 0.29) is 0 Å². The van der Waals surface area contributed by atoms with Gasteiger partial charge >= 0.3 is 0 Å². The molecule has 0 saturated carbocycles. The number of aromatic nitrogens is 2. The largest absolute Gasteiger partial charge is 0.306 e. The van der Waals surface area contributed by atoms with Crippen LogP contribution in [0.15, 0.2) is 36.9 Å². The van der Waals surface area contributed by atoms with Gasteiger partial charge in [-0.05, 0) is 24.6 Å². The van der Waals surface area contributed by atoms with E-state index in [9.17, 15) is 0 Å². The molecule has 0 aliphatic heterocycles.